The fourth-order valence-electron chi connectivity index (χ4n) is 7.41. The smallest absolute Gasteiger partial charge is 0.240 e. The van der Waals surface area contributed by atoms with E-state index in [0.717, 1.165) is 87.7 Å². The van der Waals surface area contributed by atoms with Gasteiger partial charge in [-0.05, 0) is 42.5 Å². The van der Waals surface area contributed by atoms with E-state index in [2.05, 4.69) is 124 Å². The van der Waals surface area contributed by atoms with Crippen molar-refractivity contribution in [2.75, 3.05) is 0 Å². The molecule has 46 heavy (non-hydrogen) atoms. The van der Waals surface area contributed by atoms with Gasteiger partial charge in [0.05, 0.1) is 27.5 Å². The summed E-state index contributed by atoms with van der Waals surface area (Å²) in [4.78, 5) is 10.6. The van der Waals surface area contributed by atoms with Crippen LogP contribution < -0.4 is 0 Å². The molecule has 11 aromatic rings. The molecule has 0 saturated carbocycles. The first-order valence-corrected chi connectivity index (χ1v) is 15.3. The van der Waals surface area contributed by atoms with Gasteiger partial charge in [-0.15, -0.1) is 0 Å². The number of benzene rings is 6. The van der Waals surface area contributed by atoms with Crippen molar-refractivity contribution in [3.05, 3.63) is 133 Å². The van der Waals surface area contributed by atoms with E-state index in [0.29, 0.717) is 11.7 Å². The van der Waals surface area contributed by atoms with E-state index >= 15 is 0 Å². The molecule has 0 fully saturated rings. The first-order chi connectivity index (χ1) is 22.8. The fourth-order valence-corrected chi connectivity index (χ4v) is 7.41. The molecule has 5 heterocycles. The lowest BCUT2D eigenvalue weighted by molar-refractivity contribution is 0.650. The summed E-state index contributed by atoms with van der Waals surface area (Å²) in [5.41, 5.74) is 7.12. The molecule has 6 heteroatoms. The Morgan fingerprint density at radius 2 is 0.870 bits per heavy atom. The molecular formula is C40H22N4O2. The van der Waals surface area contributed by atoms with Crippen LogP contribution in [0.1, 0.15) is 0 Å². The van der Waals surface area contributed by atoms with E-state index in [4.69, 9.17) is 18.8 Å². The number of hydrogen-bond acceptors (Lipinski definition) is 4. The molecule has 11 rings (SSSR count). The van der Waals surface area contributed by atoms with Gasteiger partial charge in [-0.1, -0.05) is 91.0 Å². The SMILES string of the molecule is c1ccc2c(c1)oc1cc3c(cc12)oc1nc(-n2c4ccccc4c4ccccc42)nc(-n2c4ccccc4c4ccccc42)c13. The van der Waals surface area contributed by atoms with Crippen LogP contribution in [0.15, 0.2) is 142 Å². The van der Waals surface area contributed by atoms with Crippen molar-refractivity contribution in [3.8, 4) is 11.8 Å². The quantitative estimate of drug-likeness (QED) is 0.201. The number of hydrogen-bond donors (Lipinski definition) is 0. The molecule has 0 aliphatic rings. The van der Waals surface area contributed by atoms with Crippen LogP contribution in [0.25, 0.3) is 99.4 Å². The molecule has 0 aliphatic heterocycles. The Hall–Kier alpha value is -6.40. The molecule has 0 atom stereocenters. The standard InChI is InChI=1S/C40H22N4O2/c1-6-16-30-23(11-1)24-12-2-7-17-31(24)43(30)38-37-29-22-35-28(27-15-5-10-20-34(27)45-35)21-36(29)46-39(37)42-40(41-38)44-32-18-8-3-13-25(32)26-14-4-9-19-33(26)44/h1-22H. The maximum Gasteiger partial charge on any atom is 0.240 e. The average Bonchev–Trinajstić information content (AvgIpc) is 3.84. The molecule has 0 N–H and O–H groups in total. The normalized spacial score (nSPS) is 12.3. The van der Waals surface area contributed by atoms with Gasteiger partial charge in [0.15, 0.2) is 5.82 Å². The number of para-hydroxylation sites is 5. The van der Waals surface area contributed by atoms with Gasteiger partial charge in [0.1, 0.15) is 16.7 Å². The van der Waals surface area contributed by atoms with Gasteiger partial charge in [-0.3, -0.25) is 9.13 Å². The average molecular weight is 591 g/mol. The third kappa shape index (κ3) is 3.05. The summed E-state index contributed by atoms with van der Waals surface area (Å²) in [6.45, 7) is 0. The van der Waals surface area contributed by atoms with Crippen LogP contribution in [0.5, 0.6) is 0 Å². The third-order valence-corrected chi connectivity index (χ3v) is 9.37. The van der Waals surface area contributed by atoms with Crippen molar-refractivity contribution in [2.24, 2.45) is 0 Å². The predicted molar refractivity (Wildman–Crippen MR) is 185 cm³/mol. The number of nitrogens with zero attached hydrogens (tertiary/aromatic N) is 4. The Bertz CT molecular complexity index is 2940. The zero-order valence-electron chi connectivity index (χ0n) is 24.3. The lowest BCUT2D eigenvalue weighted by Gasteiger charge is -2.12. The van der Waals surface area contributed by atoms with E-state index < -0.39 is 0 Å². The largest absolute Gasteiger partial charge is 0.456 e. The van der Waals surface area contributed by atoms with Crippen LogP contribution in [-0.4, -0.2) is 19.1 Å². The van der Waals surface area contributed by atoms with Gasteiger partial charge in [-0.2, -0.15) is 9.97 Å². The molecular weight excluding hydrogens is 568 g/mol. The monoisotopic (exact) mass is 590 g/mol. The second-order valence-electron chi connectivity index (χ2n) is 11.8. The molecule has 0 unspecified atom stereocenters. The van der Waals surface area contributed by atoms with E-state index in [1.165, 1.54) is 0 Å². The summed E-state index contributed by atoms with van der Waals surface area (Å²) in [6, 6.07) is 46.1. The molecule has 214 valence electrons. The summed E-state index contributed by atoms with van der Waals surface area (Å²) in [6.07, 6.45) is 0. The minimum absolute atomic E-state index is 0.524. The number of furan rings is 2. The van der Waals surface area contributed by atoms with Gasteiger partial charge in [0.25, 0.3) is 0 Å². The molecule has 0 radical (unpaired) electrons. The van der Waals surface area contributed by atoms with E-state index in [1.807, 2.05) is 18.2 Å². The van der Waals surface area contributed by atoms with E-state index in [9.17, 15) is 0 Å². The lowest BCUT2D eigenvalue weighted by atomic mass is 10.1. The summed E-state index contributed by atoms with van der Waals surface area (Å²) in [7, 11) is 0. The highest BCUT2D eigenvalue weighted by molar-refractivity contribution is 6.17. The zero-order chi connectivity index (χ0) is 29.9. The Balaban J connectivity index is 1.34. The zero-order valence-corrected chi connectivity index (χ0v) is 24.3. The van der Waals surface area contributed by atoms with Gasteiger partial charge in [0.2, 0.25) is 11.7 Å². The van der Waals surface area contributed by atoms with Crippen molar-refractivity contribution in [1.29, 1.82) is 0 Å². The highest BCUT2D eigenvalue weighted by atomic mass is 16.3. The number of fused-ring (bicyclic) bond motifs is 12. The molecule has 6 aromatic carbocycles. The topological polar surface area (TPSA) is 61.9 Å². The first kappa shape index (κ1) is 24.0. The van der Waals surface area contributed by atoms with Crippen molar-refractivity contribution in [3.63, 3.8) is 0 Å². The molecule has 0 aliphatic carbocycles. The Kier molecular flexibility index (Phi) is 4.49. The summed E-state index contributed by atoms with van der Waals surface area (Å²) >= 11 is 0. The molecule has 0 amide bonds. The number of rotatable bonds is 2. The predicted octanol–water partition coefficient (Wildman–Crippen LogP) is 10.5. The maximum atomic E-state index is 6.69. The van der Waals surface area contributed by atoms with Crippen molar-refractivity contribution < 1.29 is 8.83 Å². The Morgan fingerprint density at radius 1 is 0.391 bits per heavy atom. The molecule has 5 aromatic heterocycles. The minimum Gasteiger partial charge on any atom is -0.456 e. The third-order valence-electron chi connectivity index (χ3n) is 9.37. The van der Waals surface area contributed by atoms with Gasteiger partial charge >= 0.3 is 0 Å². The molecule has 0 saturated heterocycles. The van der Waals surface area contributed by atoms with Gasteiger partial charge < -0.3 is 8.83 Å². The van der Waals surface area contributed by atoms with Gasteiger partial charge in [-0.25, -0.2) is 0 Å². The maximum absolute atomic E-state index is 6.69. The molecule has 0 bridgehead atoms. The van der Waals surface area contributed by atoms with Crippen LogP contribution in [0.2, 0.25) is 0 Å². The summed E-state index contributed by atoms with van der Waals surface area (Å²) in [5, 5.41) is 8.44. The highest BCUT2D eigenvalue weighted by Crippen LogP contribution is 2.41. The lowest BCUT2D eigenvalue weighted by Crippen LogP contribution is -2.06. The first-order valence-electron chi connectivity index (χ1n) is 15.3. The number of aromatic nitrogens is 4. The van der Waals surface area contributed by atoms with Crippen molar-refractivity contribution in [1.82, 2.24) is 19.1 Å². The van der Waals surface area contributed by atoms with Crippen LogP contribution in [0.3, 0.4) is 0 Å². The van der Waals surface area contributed by atoms with Gasteiger partial charge in [0, 0.05) is 37.7 Å². The second kappa shape index (κ2) is 8.61. The van der Waals surface area contributed by atoms with Crippen LogP contribution in [-0.2, 0) is 0 Å². The highest BCUT2D eigenvalue weighted by Gasteiger charge is 2.24. The minimum atomic E-state index is 0.524. The van der Waals surface area contributed by atoms with Crippen LogP contribution >= 0.6 is 0 Å². The van der Waals surface area contributed by atoms with E-state index in [-0.39, 0.29) is 0 Å². The van der Waals surface area contributed by atoms with Crippen LogP contribution in [0, 0.1) is 0 Å². The second-order valence-corrected chi connectivity index (χ2v) is 11.8. The summed E-state index contributed by atoms with van der Waals surface area (Å²) < 4.78 is 17.4. The Labute approximate surface area is 260 Å². The van der Waals surface area contributed by atoms with Crippen molar-refractivity contribution >= 4 is 87.6 Å². The Morgan fingerprint density at radius 3 is 1.48 bits per heavy atom. The fraction of sp³-hybridized carbons (Fsp3) is 0. The van der Waals surface area contributed by atoms with E-state index in [1.54, 1.807) is 0 Å². The van der Waals surface area contributed by atoms with Crippen molar-refractivity contribution in [2.45, 2.75) is 0 Å². The summed E-state index contributed by atoms with van der Waals surface area (Å²) in [5.74, 6) is 1.31. The molecule has 0 spiro atoms. The molecule has 6 nitrogen and oxygen atoms in total. The van der Waals surface area contributed by atoms with Crippen LogP contribution in [0.4, 0.5) is 0 Å².